The molecule has 3 aliphatic carbocycles. The average molecular weight is 645 g/mol. The molecule has 8 rings (SSSR count). The number of allylic oxidation sites excluding steroid dienone is 2. The number of phenolic OH excluding ortho intramolecular Hbond substituents is 1. The van der Waals surface area contributed by atoms with E-state index >= 15 is 0 Å². The summed E-state index contributed by atoms with van der Waals surface area (Å²) in [5, 5.41) is 11.6. The number of hydrogen-bond donors (Lipinski definition) is 1. The van der Waals surface area contributed by atoms with Crippen LogP contribution in [-0.2, 0) is 25.8 Å². The van der Waals surface area contributed by atoms with Gasteiger partial charge in [-0.15, -0.1) is 0 Å². The summed E-state index contributed by atoms with van der Waals surface area (Å²) in [6.45, 7) is 2.16. The molecule has 0 unspecified atom stereocenters. The molecule has 5 aliphatic rings. The van der Waals surface area contributed by atoms with Crippen molar-refractivity contribution in [2.75, 3.05) is 4.90 Å². The third-order valence-corrected chi connectivity index (χ3v) is 11.8. The summed E-state index contributed by atoms with van der Waals surface area (Å²) in [6, 6.07) is 23.8. The number of carbonyl (C=O) groups is 4. The van der Waals surface area contributed by atoms with Crippen molar-refractivity contribution in [3.63, 3.8) is 0 Å². The van der Waals surface area contributed by atoms with E-state index in [0.29, 0.717) is 36.4 Å². The number of fused-ring (bicyclic) bond motifs is 4. The first-order valence-electron chi connectivity index (χ1n) is 17.3. The molecular weight excluding hydrogens is 604 g/mol. The normalized spacial score (nSPS) is 30.2. The van der Waals surface area contributed by atoms with Gasteiger partial charge in [0.2, 0.25) is 23.6 Å². The van der Waals surface area contributed by atoms with E-state index in [0.717, 1.165) is 43.2 Å². The number of amides is 4. The third kappa shape index (κ3) is 4.63. The number of aromatic hydroxyl groups is 1. The summed E-state index contributed by atoms with van der Waals surface area (Å²) in [5.74, 6) is -3.30. The average Bonchev–Trinajstić information content (AvgIpc) is 3.48. The second-order valence-electron chi connectivity index (χ2n) is 14.3. The van der Waals surface area contributed by atoms with Crippen LogP contribution >= 0.6 is 0 Å². The minimum Gasteiger partial charge on any atom is -0.508 e. The summed E-state index contributed by atoms with van der Waals surface area (Å²) in [7, 11) is 0. The quantitative estimate of drug-likeness (QED) is 0.242. The standard InChI is InChI=1S/C40H40N2O6/c1-40-32(37(45)42(39(40)47)26-15-9-4-10-16-26)22-31-28(19-20-30-34(31)38(46)41(36(30)44)25-13-7-3-8-14-25)35(40)29-18-17-27(21-33(29)43)48-23-24-11-5-2-6-12-24/h2,4-6,9-12,15-19,21,25,30-32,34-35,43H,3,7-8,13-14,20,22-23H2,1H3/t30-,31+,32-,34-,35+,40+/m0/s1. The minimum absolute atomic E-state index is 0.0368. The summed E-state index contributed by atoms with van der Waals surface area (Å²) in [4.78, 5) is 60.0. The largest absolute Gasteiger partial charge is 0.508 e. The Balaban J connectivity index is 1.20. The lowest BCUT2D eigenvalue weighted by molar-refractivity contribution is -0.144. The summed E-state index contributed by atoms with van der Waals surface area (Å²) < 4.78 is 6.01. The van der Waals surface area contributed by atoms with Gasteiger partial charge >= 0.3 is 0 Å². The van der Waals surface area contributed by atoms with Gasteiger partial charge in [-0.1, -0.05) is 85.5 Å². The zero-order valence-electron chi connectivity index (χ0n) is 27.1. The second-order valence-corrected chi connectivity index (χ2v) is 14.3. The Labute approximate surface area is 280 Å². The van der Waals surface area contributed by atoms with Crippen molar-refractivity contribution in [1.82, 2.24) is 4.90 Å². The van der Waals surface area contributed by atoms with Gasteiger partial charge < -0.3 is 9.84 Å². The molecule has 8 nitrogen and oxygen atoms in total. The molecule has 6 atom stereocenters. The molecule has 3 aromatic carbocycles. The smallest absolute Gasteiger partial charge is 0.241 e. The first kappa shape index (κ1) is 30.6. The molecule has 2 saturated heterocycles. The van der Waals surface area contributed by atoms with Crippen LogP contribution in [0.1, 0.15) is 68.9 Å². The molecule has 4 fully saturated rings. The monoisotopic (exact) mass is 644 g/mol. The molecule has 48 heavy (non-hydrogen) atoms. The van der Waals surface area contributed by atoms with E-state index in [4.69, 9.17) is 4.74 Å². The zero-order valence-corrected chi connectivity index (χ0v) is 27.1. The number of ether oxygens (including phenoxy) is 1. The van der Waals surface area contributed by atoms with Gasteiger partial charge in [0.05, 0.1) is 28.9 Å². The number of hydrogen-bond acceptors (Lipinski definition) is 6. The number of rotatable bonds is 6. The fourth-order valence-corrected chi connectivity index (χ4v) is 9.50. The molecule has 1 N–H and O–H groups in total. The lowest BCUT2D eigenvalue weighted by atomic mass is 9.51. The first-order valence-corrected chi connectivity index (χ1v) is 17.3. The molecular formula is C40H40N2O6. The van der Waals surface area contributed by atoms with E-state index in [1.54, 1.807) is 47.4 Å². The predicted octanol–water partition coefficient (Wildman–Crippen LogP) is 6.53. The Hall–Kier alpha value is -4.72. The van der Waals surface area contributed by atoms with E-state index in [9.17, 15) is 24.3 Å². The van der Waals surface area contributed by atoms with Crippen LogP contribution in [0.3, 0.4) is 0 Å². The van der Waals surface area contributed by atoms with Gasteiger partial charge in [-0.3, -0.25) is 24.1 Å². The molecule has 0 bridgehead atoms. The maximum absolute atomic E-state index is 14.6. The molecule has 2 aliphatic heterocycles. The molecule has 246 valence electrons. The van der Waals surface area contributed by atoms with Crippen molar-refractivity contribution < 1.29 is 29.0 Å². The maximum atomic E-state index is 14.6. The fourth-order valence-electron chi connectivity index (χ4n) is 9.50. The van der Waals surface area contributed by atoms with E-state index in [1.807, 2.05) is 49.4 Å². The molecule has 2 heterocycles. The predicted molar refractivity (Wildman–Crippen MR) is 179 cm³/mol. The molecule has 3 aromatic rings. The van der Waals surface area contributed by atoms with Crippen LogP contribution in [0.25, 0.3) is 0 Å². The van der Waals surface area contributed by atoms with Gasteiger partial charge in [0.1, 0.15) is 18.1 Å². The van der Waals surface area contributed by atoms with Gasteiger partial charge in [0.15, 0.2) is 0 Å². The zero-order chi connectivity index (χ0) is 33.2. The summed E-state index contributed by atoms with van der Waals surface area (Å²) in [6.07, 6.45) is 7.51. The highest BCUT2D eigenvalue weighted by Gasteiger charge is 2.68. The van der Waals surface area contributed by atoms with Gasteiger partial charge in [0.25, 0.3) is 0 Å². The molecule has 2 saturated carbocycles. The van der Waals surface area contributed by atoms with E-state index in [1.165, 1.54) is 4.90 Å². The Morgan fingerprint density at radius 3 is 2.25 bits per heavy atom. The van der Waals surface area contributed by atoms with E-state index < -0.39 is 35.0 Å². The van der Waals surface area contributed by atoms with Crippen molar-refractivity contribution in [3.8, 4) is 11.5 Å². The molecule has 4 amide bonds. The van der Waals surface area contributed by atoms with Crippen LogP contribution in [0.5, 0.6) is 11.5 Å². The van der Waals surface area contributed by atoms with Crippen molar-refractivity contribution in [2.45, 2.75) is 70.4 Å². The molecule has 8 heteroatoms. The number of para-hydroxylation sites is 1. The first-order chi connectivity index (χ1) is 23.3. The lowest BCUT2D eigenvalue weighted by Gasteiger charge is -2.49. The Kier molecular flexibility index (Phi) is 7.50. The van der Waals surface area contributed by atoms with Crippen molar-refractivity contribution >= 4 is 29.3 Å². The van der Waals surface area contributed by atoms with Gasteiger partial charge in [-0.05, 0) is 62.3 Å². The highest BCUT2D eigenvalue weighted by molar-refractivity contribution is 6.24. The van der Waals surface area contributed by atoms with Crippen LogP contribution in [0.4, 0.5) is 5.69 Å². The van der Waals surface area contributed by atoms with Gasteiger partial charge in [-0.2, -0.15) is 0 Å². The van der Waals surface area contributed by atoms with Gasteiger partial charge in [0, 0.05) is 23.6 Å². The third-order valence-electron chi connectivity index (χ3n) is 11.8. The molecule has 0 radical (unpaired) electrons. The Bertz CT molecular complexity index is 1820. The van der Waals surface area contributed by atoms with Crippen molar-refractivity contribution in [1.29, 1.82) is 0 Å². The minimum atomic E-state index is -1.22. The van der Waals surface area contributed by atoms with Crippen LogP contribution in [0, 0.1) is 29.1 Å². The maximum Gasteiger partial charge on any atom is 0.241 e. The lowest BCUT2D eigenvalue weighted by Crippen LogP contribution is -2.49. The number of nitrogens with zero attached hydrogens (tertiary/aromatic N) is 2. The number of benzene rings is 3. The van der Waals surface area contributed by atoms with E-state index in [2.05, 4.69) is 0 Å². The number of imide groups is 2. The highest BCUT2D eigenvalue weighted by Crippen LogP contribution is 2.64. The highest BCUT2D eigenvalue weighted by atomic mass is 16.5. The van der Waals surface area contributed by atoms with Crippen molar-refractivity contribution in [2.24, 2.45) is 29.1 Å². The Morgan fingerprint density at radius 2 is 1.54 bits per heavy atom. The number of anilines is 1. The van der Waals surface area contributed by atoms with Crippen LogP contribution in [-0.4, -0.2) is 39.7 Å². The SMILES string of the molecule is C[C@@]12C(=O)N(c3ccccc3)C(=O)[C@@H]1C[C@@H]1C(=CC[C@@H]3C(=O)N(C4CCCCC4)C(=O)[C@@H]31)[C@@H]2c1ccc(OCc2ccccc2)cc1O. The number of phenols is 1. The molecule has 0 spiro atoms. The molecule has 0 aromatic heterocycles. The van der Waals surface area contributed by atoms with Crippen LogP contribution < -0.4 is 9.64 Å². The van der Waals surface area contributed by atoms with Crippen molar-refractivity contribution in [3.05, 3.63) is 102 Å². The second kappa shape index (κ2) is 11.8. The van der Waals surface area contributed by atoms with Gasteiger partial charge in [-0.25, -0.2) is 4.90 Å². The summed E-state index contributed by atoms with van der Waals surface area (Å²) >= 11 is 0. The Morgan fingerprint density at radius 1 is 0.833 bits per heavy atom. The topological polar surface area (TPSA) is 104 Å². The number of likely N-dealkylation sites (tertiary alicyclic amines) is 1. The van der Waals surface area contributed by atoms with Crippen LogP contribution in [0.2, 0.25) is 0 Å². The van der Waals surface area contributed by atoms with E-state index in [-0.39, 0.29) is 35.4 Å². The summed E-state index contributed by atoms with van der Waals surface area (Å²) in [5.41, 5.74) is 1.65. The van der Waals surface area contributed by atoms with Crippen LogP contribution in [0.15, 0.2) is 90.5 Å². The number of carbonyl (C=O) groups excluding carboxylic acids is 4. The fraction of sp³-hybridized carbons (Fsp3) is 0.400.